The third-order valence-corrected chi connectivity index (χ3v) is 4.04. The minimum Gasteiger partial charge on any atom is -0.377 e. The van der Waals surface area contributed by atoms with Crippen molar-refractivity contribution >= 4 is 28.3 Å². The Morgan fingerprint density at radius 2 is 1.84 bits per heavy atom. The number of hydrogen-bond donors (Lipinski definition) is 1. The van der Waals surface area contributed by atoms with Crippen molar-refractivity contribution in [2.75, 3.05) is 5.32 Å². The number of benzene rings is 2. The van der Waals surface area contributed by atoms with Crippen molar-refractivity contribution in [3.05, 3.63) is 63.0 Å². The van der Waals surface area contributed by atoms with Crippen LogP contribution in [0.5, 0.6) is 0 Å². The van der Waals surface area contributed by atoms with Crippen molar-refractivity contribution in [3.8, 4) is 0 Å². The number of aryl methyl sites for hydroxylation is 1. The summed E-state index contributed by atoms with van der Waals surface area (Å²) < 4.78 is 14.0. The SMILES string of the molecule is CCC(Nc1ccc(F)cc1I)c1ccc(C)cc1. The maximum Gasteiger partial charge on any atom is 0.124 e. The highest BCUT2D eigenvalue weighted by molar-refractivity contribution is 14.1. The van der Waals surface area contributed by atoms with E-state index in [4.69, 9.17) is 0 Å². The van der Waals surface area contributed by atoms with Gasteiger partial charge in [-0.2, -0.15) is 0 Å². The molecule has 3 heteroatoms. The van der Waals surface area contributed by atoms with Crippen LogP contribution in [0.3, 0.4) is 0 Å². The summed E-state index contributed by atoms with van der Waals surface area (Å²) in [5, 5.41) is 3.49. The van der Waals surface area contributed by atoms with Gasteiger partial charge >= 0.3 is 0 Å². The Bertz CT molecular complexity index is 551. The summed E-state index contributed by atoms with van der Waals surface area (Å²) in [6.07, 6.45) is 0.983. The van der Waals surface area contributed by atoms with E-state index in [-0.39, 0.29) is 11.9 Å². The van der Waals surface area contributed by atoms with Crippen LogP contribution in [0.15, 0.2) is 42.5 Å². The maximum atomic E-state index is 13.1. The van der Waals surface area contributed by atoms with E-state index in [2.05, 4.69) is 66.0 Å². The van der Waals surface area contributed by atoms with Gasteiger partial charge in [0.15, 0.2) is 0 Å². The molecule has 0 saturated heterocycles. The molecule has 100 valence electrons. The first kappa shape index (κ1) is 14.3. The zero-order valence-electron chi connectivity index (χ0n) is 11.1. The fourth-order valence-electron chi connectivity index (χ4n) is 2.01. The summed E-state index contributed by atoms with van der Waals surface area (Å²) in [5.74, 6) is -0.196. The van der Waals surface area contributed by atoms with E-state index in [0.717, 1.165) is 15.7 Å². The van der Waals surface area contributed by atoms with Crippen LogP contribution in [-0.4, -0.2) is 0 Å². The minimum absolute atomic E-state index is 0.196. The van der Waals surface area contributed by atoms with Gasteiger partial charge in [0.05, 0.1) is 6.04 Å². The molecule has 1 atom stereocenters. The molecule has 0 heterocycles. The van der Waals surface area contributed by atoms with E-state index in [1.54, 1.807) is 12.1 Å². The van der Waals surface area contributed by atoms with E-state index in [9.17, 15) is 4.39 Å². The minimum atomic E-state index is -0.196. The molecule has 2 aromatic rings. The summed E-state index contributed by atoms with van der Waals surface area (Å²) in [5.41, 5.74) is 3.50. The first-order chi connectivity index (χ1) is 9.10. The first-order valence-electron chi connectivity index (χ1n) is 6.38. The number of rotatable bonds is 4. The molecule has 0 fully saturated rings. The highest BCUT2D eigenvalue weighted by Crippen LogP contribution is 2.26. The quantitative estimate of drug-likeness (QED) is 0.721. The Kier molecular flexibility index (Phi) is 4.80. The van der Waals surface area contributed by atoms with Crippen molar-refractivity contribution in [1.82, 2.24) is 0 Å². The molecule has 1 N–H and O–H groups in total. The van der Waals surface area contributed by atoms with Gasteiger partial charge in [0, 0.05) is 9.26 Å². The highest BCUT2D eigenvalue weighted by atomic mass is 127. The summed E-state index contributed by atoms with van der Waals surface area (Å²) in [4.78, 5) is 0. The van der Waals surface area contributed by atoms with Crippen molar-refractivity contribution in [2.24, 2.45) is 0 Å². The van der Waals surface area contributed by atoms with Crippen molar-refractivity contribution < 1.29 is 4.39 Å². The lowest BCUT2D eigenvalue weighted by Crippen LogP contribution is -2.10. The normalized spacial score (nSPS) is 12.2. The number of halogens is 2. The Morgan fingerprint density at radius 1 is 1.16 bits per heavy atom. The smallest absolute Gasteiger partial charge is 0.124 e. The largest absolute Gasteiger partial charge is 0.377 e. The van der Waals surface area contributed by atoms with Crippen LogP contribution in [0.1, 0.15) is 30.5 Å². The van der Waals surface area contributed by atoms with E-state index in [0.29, 0.717) is 0 Å². The van der Waals surface area contributed by atoms with E-state index >= 15 is 0 Å². The van der Waals surface area contributed by atoms with Crippen molar-refractivity contribution in [2.45, 2.75) is 26.3 Å². The van der Waals surface area contributed by atoms with Crippen molar-refractivity contribution in [1.29, 1.82) is 0 Å². The lowest BCUT2D eigenvalue weighted by Gasteiger charge is -2.20. The molecule has 0 bridgehead atoms. The second-order valence-corrected chi connectivity index (χ2v) is 5.80. The Hall–Kier alpha value is -1.10. The van der Waals surface area contributed by atoms with Crippen LogP contribution in [0.4, 0.5) is 10.1 Å². The molecular formula is C16H17FIN. The molecule has 0 aromatic heterocycles. The van der Waals surface area contributed by atoms with E-state index in [1.807, 2.05) is 0 Å². The Labute approximate surface area is 127 Å². The van der Waals surface area contributed by atoms with Gasteiger partial charge in [-0.05, 0) is 59.7 Å². The monoisotopic (exact) mass is 369 g/mol. The Balaban J connectivity index is 2.21. The predicted molar refractivity (Wildman–Crippen MR) is 87.0 cm³/mol. The zero-order valence-corrected chi connectivity index (χ0v) is 13.2. The van der Waals surface area contributed by atoms with E-state index < -0.39 is 0 Å². The molecule has 1 nitrogen and oxygen atoms in total. The van der Waals surface area contributed by atoms with Gasteiger partial charge in [-0.1, -0.05) is 36.8 Å². The lowest BCUT2D eigenvalue weighted by molar-refractivity contribution is 0.626. The number of hydrogen-bond acceptors (Lipinski definition) is 1. The molecule has 2 aromatic carbocycles. The first-order valence-corrected chi connectivity index (χ1v) is 7.46. The molecule has 0 aliphatic heterocycles. The molecule has 0 radical (unpaired) electrons. The Morgan fingerprint density at radius 3 is 2.42 bits per heavy atom. The van der Waals surface area contributed by atoms with Gasteiger partial charge in [-0.3, -0.25) is 0 Å². The maximum absolute atomic E-state index is 13.1. The average molecular weight is 369 g/mol. The molecule has 0 aliphatic carbocycles. The lowest BCUT2D eigenvalue weighted by atomic mass is 10.0. The third kappa shape index (κ3) is 3.69. The topological polar surface area (TPSA) is 12.0 Å². The van der Waals surface area contributed by atoms with Gasteiger partial charge in [0.1, 0.15) is 5.82 Å². The van der Waals surface area contributed by atoms with Gasteiger partial charge in [0.25, 0.3) is 0 Å². The van der Waals surface area contributed by atoms with Crippen molar-refractivity contribution in [3.63, 3.8) is 0 Å². The predicted octanol–water partition coefficient (Wildman–Crippen LogP) is 5.30. The fourth-order valence-corrected chi connectivity index (χ4v) is 2.65. The standard InChI is InChI=1S/C16H17FIN/c1-3-15(12-6-4-11(2)5-7-12)19-16-9-8-13(17)10-14(16)18/h4-10,15,19H,3H2,1-2H3. The van der Waals surface area contributed by atoms with Crippen LogP contribution < -0.4 is 5.32 Å². The van der Waals surface area contributed by atoms with Gasteiger partial charge < -0.3 is 5.32 Å². The van der Waals surface area contributed by atoms with Crippen LogP contribution in [0.2, 0.25) is 0 Å². The summed E-state index contributed by atoms with van der Waals surface area (Å²) in [6.45, 7) is 4.23. The second-order valence-electron chi connectivity index (χ2n) is 4.64. The molecule has 0 saturated carbocycles. The van der Waals surface area contributed by atoms with Crippen LogP contribution in [0, 0.1) is 16.3 Å². The summed E-state index contributed by atoms with van der Waals surface area (Å²) in [7, 11) is 0. The average Bonchev–Trinajstić information content (AvgIpc) is 2.39. The van der Waals surface area contributed by atoms with Crippen LogP contribution in [-0.2, 0) is 0 Å². The molecule has 2 rings (SSSR count). The molecule has 19 heavy (non-hydrogen) atoms. The highest BCUT2D eigenvalue weighted by Gasteiger charge is 2.10. The number of anilines is 1. The number of nitrogens with one attached hydrogen (secondary N) is 1. The van der Waals surface area contributed by atoms with Gasteiger partial charge in [-0.25, -0.2) is 4.39 Å². The fraction of sp³-hybridized carbons (Fsp3) is 0.250. The van der Waals surface area contributed by atoms with E-state index in [1.165, 1.54) is 17.2 Å². The molecular weight excluding hydrogens is 352 g/mol. The van der Waals surface area contributed by atoms with Gasteiger partial charge in [-0.15, -0.1) is 0 Å². The van der Waals surface area contributed by atoms with Gasteiger partial charge in [0.2, 0.25) is 0 Å². The molecule has 1 unspecified atom stereocenters. The third-order valence-electron chi connectivity index (χ3n) is 3.15. The van der Waals surface area contributed by atoms with Crippen LogP contribution >= 0.6 is 22.6 Å². The molecule has 0 aliphatic rings. The zero-order chi connectivity index (χ0) is 13.8. The molecule has 0 spiro atoms. The second kappa shape index (κ2) is 6.37. The van der Waals surface area contributed by atoms with Crippen LogP contribution in [0.25, 0.3) is 0 Å². The summed E-state index contributed by atoms with van der Waals surface area (Å²) in [6, 6.07) is 13.6. The molecule has 0 amide bonds. The summed E-state index contributed by atoms with van der Waals surface area (Å²) >= 11 is 2.16.